The number of benzene rings is 4. The van der Waals surface area contributed by atoms with Gasteiger partial charge in [0.25, 0.3) is 0 Å². The van der Waals surface area contributed by atoms with Crippen molar-refractivity contribution in [2.24, 2.45) is 22.9 Å². The molecule has 13 heteroatoms. The minimum atomic E-state index is -0.810. The first-order valence-corrected chi connectivity index (χ1v) is 16.1. The van der Waals surface area contributed by atoms with Crippen LogP contribution in [0.25, 0.3) is 0 Å². The third-order valence-corrected chi connectivity index (χ3v) is 7.97. The highest BCUT2D eigenvalue weighted by molar-refractivity contribution is 6.81. The fraction of sp³-hybridized carbons (Fsp3) is 0.278. The SMILES string of the molecule is COc1ccc(B(OC(=O)C(N)CCN)c2ccc(COCc3ccc(B(OC(=O)C(N)CCN)c4ccc(OC)cc4)cc3)cc2)cc1. The summed E-state index contributed by atoms with van der Waals surface area (Å²) in [5.74, 6) is 0.348. The van der Waals surface area contributed by atoms with Crippen LogP contribution >= 0.6 is 0 Å². The summed E-state index contributed by atoms with van der Waals surface area (Å²) >= 11 is 0. The van der Waals surface area contributed by atoms with E-state index in [1.165, 1.54) is 0 Å². The quantitative estimate of drug-likeness (QED) is 0.105. The zero-order valence-corrected chi connectivity index (χ0v) is 28.0. The van der Waals surface area contributed by atoms with Crippen LogP contribution in [0.15, 0.2) is 97.1 Å². The van der Waals surface area contributed by atoms with Crippen LogP contribution in [0.1, 0.15) is 24.0 Å². The molecule has 0 aliphatic carbocycles. The molecular formula is C36H44B2N4O7. The van der Waals surface area contributed by atoms with E-state index < -0.39 is 37.9 Å². The van der Waals surface area contributed by atoms with Crippen LogP contribution in [-0.4, -0.2) is 65.2 Å². The van der Waals surface area contributed by atoms with Crippen LogP contribution in [0.5, 0.6) is 11.5 Å². The summed E-state index contributed by atoms with van der Waals surface area (Å²) in [5, 5.41) is 0. The second-order valence-corrected chi connectivity index (χ2v) is 11.5. The first-order valence-electron chi connectivity index (χ1n) is 16.1. The molecule has 49 heavy (non-hydrogen) atoms. The van der Waals surface area contributed by atoms with E-state index in [2.05, 4.69) is 0 Å². The minimum Gasteiger partial charge on any atom is -0.525 e. The van der Waals surface area contributed by atoms with Gasteiger partial charge in [-0.1, -0.05) is 72.8 Å². The van der Waals surface area contributed by atoms with Gasteiger partial charge in [-0.2, -0.15) is 0 Å². The van der Waals surface area contributed by atoms with Gasteiger partial charge in [-0.05, 0) is 83.2 Å². The van der Waals surface area contributed by atoms with Crippen molar-refractivity contribution in [3.8, 4) is 11.5 Å². The summed E-state index contributed by atoms with van der Waals surface area (Å²) in [4.78, 5) is 25.5. The Morgan fingerprint density at radius 1 is 0.551 bits per heavy atom. The van der Waals surface area contributed by atoms with Crippen molar-refractivity contribution in [3.05, 3.63) is 108 Å². The fourth-order valence-corrected chi connectivity index (χ4v) is 5.08. The standard InChI is InChI=1S/C36H44B2N4O7/c1-45-31-15-11-29(12-16-31)37(48-35(43)33(41)19-21-39)27-7-3-25(4-8-27)23-47-24-26-5-9-28(10-6-26)38(49-36(44)34(42)20-22-40)30-13-17-32(46-2)18-14-30/h3-18,33-34H,19-24,39-42H2,1-2H3. The highest BCUT2D eigenvalue weighted by Gasteiger charge is 2.29. The molecule has 11 nitrogen and oxygen atoms in total. The molecule has 4 rings (SSSR count). The Morgan fingerprint density at radius 2 is 0.857 bits per heavy atom. The zero-order valence-electron chi connectivity index (χ0n) is 28.0. The molecule has 0 radical (unpaired) electrons. The Bertz CT molecular complexity index is 1490. The molecular weight excluding hydrogens is 622 g/mol. The van der Waals surface area contributed by atoms with Gasteiger partial charge in [0.2, 0.25) is 0 Å². The number of methoxy groups -OCH3 is 2. The number of rotatable bonds is 18. The maximum atomic E-state index is 12.7. The highest BCUT2D eigenvalue weighted by atomic mass is 16.5. The molecule has 0 fully saturated rings. The molecule has 2 unspecified atom stereocenters. The largest absolute Gasteiger partial charge is 0.525 e. The fourth-order valence-electron chi connectivity index (χ4n) is 5.08. The summed E-state index contributed by atoms with van der Waals surface area (Å²) in [5.41, 5.74) is 28.2. The summed E-state index contributed by atoms with van der Waals surface area (Å²) in [6.07, 6.45) is 0.654. The van der Waals surface area contributed by atoms with Gasteiger partial charge in [0, 0.05) is 0 Å². The number of carbonyl (C=O) groups is 2. The van der Waals surface area contributed by atoms with Crippen molar-refractivity contribution in [1.82, 2.24) is 0 Å². The predicted octanol–water partition coefficient (Wildman–Crippen LogP) is 0.0706. The molecule has 0 aliphatic rings. The van der Waals surface area contributed by atoms with Gasteiger partial charge in [0.15, 0.2) is 0 Å². The maximum absolute atomic E-state index is 12.7. The molecule has 0 spiro atoms. The Hall–Kier alpha value is -4.65. The van der Waals surface area contributed by atoms with Gasteiger partial charge in [-0.15, -0.1) is 0 Å². The molecule has 256 valence electrons. The lowest BCUT2D eigenvalue weighted by molar-refractivity contribution is -0.137. The van der Waals surface area contributed by atoms with E-state index in [-0.39, 0.29) is 13.1 Å². The lowest BCUT2D eigenvalue weighted by atomic mass is 9.55. The first kappa shape index (κ1) is 37.2. The molecule has 8 N–H and O–H groups in total. The Balaban J connectivity index is 1.41. The van der Waals surface area contributed by atoms with Crippen molar-refractivity contribution in [2.75, 3.05) is 27.3 Å². The topological polar surface area (TPSA) is 184 Å². The van der Waals surface area contributed by atoms with Crippen LogP contribution in [0.4, 0.5) is 0 Å². The average molecular weight is 666 g/mol. The van der Waals surface area contributed by atoms with E-state index in [4.69, 9.17) is 46.5 Å². The molecule has 0 heterocycles. The maximum Gasteiger partial charge on any atom is 0.429 e. The van der Waals surface area contributed by atoms with Gasteiger partial charge in [-0.25, -0.2) is 0 Å². The highest BCUT2D eigenvalue weighted by Crippen LogP contribution is 2.11. The smallest absolute Gasteiger partial charge is 0.429 e. The second kappa shape index (κ2) is 18.8. The molecule has 2 atom stereocenters. The number of nitrogens with two attached hydrogens (primary N) is 4. The lowest BCUT2D eigenvalue weighted by Gasteiger charge is -2.19. The molecule has 4 aromatic rings. The van der Waals surface area contributed by atoms with Gasteiger partial charge < -0.3 is 46.5 Å². The van der Waals surface area contributed by atoms with E-state index in [0.717, 1.165) is 33.0 Å². The van der Waals surface area contributed by atoms with E-state index in [1.54, 1.807) is 14.2 Å². The van der Waals surface area contributed by atoms with Crippen LogP contribution in [0.2, 0.25) is 0 Å². The van der Waals surface area contributed by atoms with E-state index in [9.17, 15) is 9.59 Å². The van der Waals surface area contributed by atoms with Gasteiger partial charge >= 0.3 is 25.8 Å². The number of hydrogen-bond donors (Lipinski definition) is 4. The number of ether oxygens (including phenoxy) is 3. The van der Waals surface area contributed by atoms with E-state index >= 15 is 0 Å². The van der Waals surface area contributed by atoms with E-state index in [0.29, 0.717) is 37.6 Å². The van der Waals surface area contributed by atoms with Crippen LogP contribution in [-0.2, 0) is 36.8 Å². The predicted molar refractivity (Wildman–Crippen MR) is 193 cm³/mol. The van der Waals surface area contributed by atoms with Crippen molar-refractivity contribution in [1.29, 1.82) is 0 Å². The molecule has 0 bridgehead atoms. The van der Waals surface area contributed by atoms with Gasteiger partial charge in [0.1, 0.15) is 23.6 Å². The summed E-state index contributed by atoms with van der Waals surface area (Å²) < 4.78 is 28.3. The molecule has 0 aliphatic heterocycles. The average Bonchev–Trinajstić information content (AvgIpc) is 3.13. The van der Waals surface area contributed by atoms with E-state index in [1.807, 2.05) is 97.1 Å². The molecule has 0 saturated carbocycles. The number of hydrogen-bond acceptors (Lipinski definition) is 11. The van der Waals surface area contributed by atoms with Gasteiger partial charge in [-0.3, -0.25) is 9.59 Å². The Labute approximate surface area is 288 Å². The number of carbonyl (C=O) groups excluding carboxylic acids is 2. The third kappa shape index (κ3) is 10.7. The zero-order chi connectivity index (χ0) is 35.2. The van der Waals surface area contributed by atoms with Crippen LogP contribution in [0.3, 0.4) is 0 Å². The first-order chi connectivity index (χ1) is 23.8. The minimum absolute atomic E-state index is 0.284. The van der Waals surface area contributed by atoms with Gasteiger partial charge in [0.05, 0.1) is 27.4 Å². The summed E-state index contributed by atoms with van der Waals surface area (Å²) in [7, 11) is 3.19. The second-order valence-electron chi connectivity index (χ2n) is 11.5. The molecule has 0 amide bonds. The van der Waals surface area contributed by atoms with Crippen molar-refractivity contribution < 1.29 is 33.1 Å². The normalized spacial score (nSPS) is 12.0. The summed E-state index contributed by atoms with van der Waals surface area (Å²) in [6, 6.07) is 28.4. The van der Waals surface area contributed by atoms with Crippen LogP contribution in [0, 0.1) is 0 Å². The molecule has 0 aromatic heterocycles. The lowest BCUT2D eigenvalue weighted by Crippen LogP contribution is -2.49. The van der Waals surface area contributed by atoms with Crippen molar-refractivity contribution in [3.63, 3.8) is 0 Å². The molecule has 0 saturated heterocycles. The Kier molecular flexibility index (Phi) is 14.2. The Morgan fingerprint density at radius 3 is 1.14 bits per heavy atom. The van der Waals surface area contributed by atoms with Crippen LogP contribution < -0.4 is 54.3 Å². The third-order valence-electron chi connectivity index (χ3n) is 7.97. The summed E-state index contributed by atoms with van der Waals surface area (Å²) in [6.45, 7) is -0.0241. The van der Waals surface area contributed by atoms with Crippen molar-refractivity contribution in [2.45, 2.75) is 38.1 Å². The monoisotopic (exact) mass is 666 g/mol. The molecule has 4 aromatic carbocycles. The van der Waals surface area contributed by atoms with Crippen molar-refractivity contribution >= 4 is 47.6 Å².